The zero-order chi connectivity index (χ0) is 17.0. The van der Waals surface area contributed by atoms with Crippen molar-refractivity contribution < 1.29 is 18.8 Å². The van der Waals surface area contributed by atoms with Crippen LogP contribution in [-0.4, -0.2) is 37.9 Å². The number of hydrogen-bond donors (Lipinski definition) is 0. The smallest absolute Gasteiger partial charge is 0.417 e. The third-order valence-electron chi connectivity index (χ3n) is 4.65. The number of imide groups is 1. The highest BCUT2D eigenvalue weighted by Gasteiger charge is 2.55. The van der Waals surface area contributed by atoms with Crippen LogP contribution >= 0.6 is 11.3 Å². The van der Waals surface area contributed by atoms with E-state index in [9.17, 15) is 9.59 Å². The lowest BCUT2D eigenvalue weighted by Crippen LogP contribution is -2.64. The van der Waals surface area contributed by atoms with Gasteiger partial charge in [0, 0.05) is 4.88 Å². The zero-order valence-electron chi connectivity index (χ0n) is 14.2. The molecule has 1 saturated heterocycles. The monoisotopic (exact) mass is 355 g/mol. The topological polar surface area (TPSA) is 55.8 Å². The van der Waals surface area contributed by atoms with Crippen LogP contribution in [-0.2, 0) is 14.0 Å². The minimum atomic E-state index is -1.92. The van der Waals surface area contributed by atoms with Crippen molar-refractivity contribution in [3.63, 3.8) is 0 Å². The molecule has 2 amide bonds. The molecular weight excluding hydrogens is 330 g/mol. The van der Waals surface area contributed by atoms with E-state index in [0.29, 0.717) is 0 Å². The van der Waals surface area contributed by atoms with Gasteiger partial charge in [0.1, 0.15) is 6.04 Å². The van der Waals surface area contributed by atoms with E-state index in [1.54, 1.807) is 6.92 Å². The maximum atomic E-state index is 12.5. The second-order valence-electron chi connectivity index (χ2n) is 5.65. The minimum absolute atomic E-state index is 0.253. The lowest BCUT2D eigenvalue weighted by molar-refractivity contribution is -0.160. The van der Waals surface area contributed by atoms with Gasteiger partial charge in [-0.05, 0) is 36.5 Å². The van der Waals surface area contributed by atoms with Crippen molar-refractivity contribution in [2.24, 2.45) is 0 Å². The van der Waals surface area contributed by atoms with Crippen LogP contribution < -0.4 is 0 Å². The SMILES string of the molecule is CCOC(=O)N1C(=O)[C@H](O[Si](CC)(CC)CC)[C@@H]1c1cccs1. The number of hydrogen-bond acceptors (Lipinski definition) is 5. The van der Waals surface area contributed by atoms with Gasteiger partial charge in [-0.1, -0.05) is 26.8 Å². The van der Waals surface area contributed by atoms with E-state index in [4.69, 9.17) is 9.16 Å². The van der Waals surface area contributed by atoms with Gasteiger partial charge in [0.2, 0.25) is 0 Å². The summed E-state index contributed by atoms with van der Waals surface area (Å²) in [6.07, 6.45) is -1.13. The van der Waals surface area contributed by atoms with Gasteiger partial charge >= 0.3 is 6.09 Å². The first-order chi connectivity index (χ1) is 11.0. The fourth-order valence-electron chi connectivity index (χ4n) is 2.98. The van der Waals surface area contributed by atoms with Crippen LogP contribution in [0.5, 0.6) is 0 Å². The van der Waals surface area contributed by atoms with Crippen LogP contribution in [0.3, 0.4) is 0 Å². The van der Waals surface area contributed by atoms with Crippen LogP contribution in [0.1, 0.15) is 38.6 Å². The molecule has 1 fully saturated rings. The Morgan fingerprint density at radius 3 is 2.39 bits per heavy atom. The van der Waals surface area contributed by atoms with Crippen LogP contribution in [0, 0.1) is 0 Å². The van der Waals surface area contributed by atoms with E-state index >= 15 is 0 Å². The van der Waals surface area contributed by atoms with Crippen molar-refractivity contribution in [2.75, 3.05) is 6.61 Å². The molecule has 7 heteroatoms. The molecule has 2 rings (SSSR count). The van der Waals surface area contributed by atoms with Crippen LogP contribution in [0.4, 0.5) is 4.79 Å². The summed E-state index contributed by atoms with van der Waals surface area (Å²) in [5.74, 6) is -0.269. The van der Waals surface area contributed by atoms with Gasteiger partial charge in [-0.15, -0.1) is 11.3 Å². The second-order valence-corrected chi connectivity index (χ2v) is 11.4. The molecule has 2 atom stereocenters. The maximum Gasteiger partial charge on any atom is 0.417 e. The summed E-state index contributed by atoms with van der Waals surface area (Å²) >= 11 is 1.53. The van der Waals surface area contributed by atoms with Gasteiger partial charge in [-0.3, -0.25) is 4.79 Å². The number of rotatable bonds is 7. The summed E-state index contributed by atoms with van der Waals surface area (Å²) in [5, 5.41) is 1.95. The number of β-lactam (4-membered cyclic amide) rings is 1. The van der Waals surface area contributed by atoms with Crippen LogP contribution in [0.25, 0.3) is 0 Å². The van der Waals surface area contributed by atoms with E-state index in [-0.39, 0.29) is 18.6 Å². The summed E-state index contributed by atoms with van der Waals surface area (Å²) in [4.78, 5) is 26.8. The molecule has 128 valence electrons. The molecular formula is C16H25NO4SSi. The molecule has 23 heavy (non-hydrogen) atoms. The molecule has 0 spiro atoms. The summed E-state index contributed by atoms with van der Waals surface area (Å²) in [6, 6.07) is 6.43. The molecule has 1 aliphatic rings. The lowest BCUT2D eigenvalue weighted by Gasteiger charge is -2.47. The summed E-state index contributed by atoms with van der Waals surface area (Å²) in [6.45, 7) is 8.38. The Hall–Kier alpha value is -1.18. The summed E-state index contributed by atoms with van der Waals surface area (Å²) in [5.41, 5.74) is 0. The molecule has 0 bridgehead atoms. The zero-order valence-corrected chi connectivity index (χ0v) is 16.0. The Labute approximate surface area is 142 Å². The number of thiophene rings is 1. The molecule has 1 aliphatic heterocycles. The minimum Gasteiger partial charge on any atom is -0.449 e. The molecule has 0 aliphatic carbocycles. The fraction of sp³-hybridized carbons (Fsp3) is 0.625. The first-order valence-corrected chi connectivity index (χ1v) is 11.7. The Morgan fingerprint density at radius 2 is 1.91 bits per heavy atom. The molecule has 2 heterocycles. The molecule has 0 radical (unpaired) electrons. The van der Waals surface area contributed by atoms with Crippen molar-refractivity contribution in [3.8, 4) is 0 Å². The van der Waals surface area contributed by atoms with Crippen molar-refractivity contribution >= 4 is 31.7 Å². The molecule has 0 saturated carbocycles. The van der Waals surface area contributed by atoms with Gasteiger partial charge in [0.25, 0.3) is 5.91 Å². The van der Waals surface area contributed by atoms with Crippen molar-refractivity contribution in [2.45, 2.75) is 58.0 Å². The average molecular weight is 356 g/mol. The van der Waals surface area contributed by atoms with Gasteiger partial charge in [-0.2, -0.15) is 0 Å². The van der Waals surface area contributed by atoms with Gasteiger partial charge in [-0.25, -0.2) is 9.69 Å². The van der Waals surface area contributed by atoms with E-state index in [1.165, 1.54) is 16.2 Å². The first kappa shape index (κ1) is 18.2. The first-order valence-electron chi connectivity index (χ1n) is 8.24. The highest BCUT2D eigenvalue weighted by molar-refractivity contribution is 7.10. The fourth-order valence-corrected chi connectivity index (χ4v) is 6.59. The van der Waals surface area contributed by atoms with Crippen molar-refractivity contribution in [1.82, 2.24) is 4.90 Å². The molecule has 5 nitrogen and oxygen atoms in total. The molecule has 0 unspecified atom stereocenters. The van der Waals surface area contributed by atoms with E-state index in [2.05, 4.69) is 20.8 Å². The van der Waals surface area contributed by atoms with Crippen molar-refractivity contribution in [1.29, 1.82) is 0 Å². The number of carbonyl (C=O) groups excluding carboxylic acids is 2. The van der Waals surface area contributed by atoms with E-state index in [0.717, 1.165) is 23.0 Å². The summed E-state index contributed by atoms with van der Waals surface area (Å²) in [7, 11) is -1.92. The molecule has 1 aromatic rings. The number of likely N-dealkylation sites (tertiary alicyclic amines) is 1. The normalized spacial score (nSPS) is 21.2. The number of ether oxygens (including phenoxy) is 1. The highest BCUT2D eigenvalue weighted by Crippen LogP contribution is 2.42. The third kappa shape index (κ3) is 3.36. The average Bonchev–Trinajstić information content (AvgIpc) is 3.07. The predicted molar refractivity (Wildman–Crippen MR) is 93.0 cm³/mol. The molecule has 0 N–H and O–H groups in total. The largest absolute Gasteiger partial charge is 0.449 e. The third-order valence-corrected chi connectivity index (χ3v) is 10.2. The maximum absolute atomic E-state index is 12.5. The van der Waals surface area contributed by atoms with Gasteiger partial charge < -0.3 is 9.16 Å². The quantitative estimate of drug-likeness (QED) is 0.544. The second kappa shape index (κ2) is 7.59. The van der Waals surface area contributed by atoms with E-state index in [1.807, 2.05) is 17.5 Å². The number of nitrogens with zero attached hydrogens (tertiary/aromatic N) is 1. The van der Waals surface area contributed by atoms with Gasteiger partial charge in [0.05, 0.1) is 6.61 Å². The Morgan fingerprint density at radius 1 is 1.26 bits per heavy atom. The summed E-state index contributed by atoms with van der Waals surface area (Å²) < 4.78 is 11.4. The van der Waals surface area contributed by atoms with Crippen molar-refractivity contribution in [3.05, 3.63) is 22.4 Å². The van der Waals surface area contributed by atoms with E-state index < -0.39 is 20.5 Å². The lowest BCUT2D eigenvalue weighted by atomic mass is 9.97. The number of amides is 2. The van der Waals surface area contributed by atoms with Crippen LogP contribution in [0.15, 0.2) is 17.5 Å². The highest BCUT2D eigenvalue weighted by atomic mass is 32.1. The predicted octanol–water partition coefficient (Wildman–Crippen LogP) is 4.18. The number of carbonyl (C=O) groups is 2. The molecule has 0 aromatic carbocycles. The standard InChI is InChI=1S/C16H25NO4SSi/c1-5-20-16(19)17-13(12-10-9-11-22-12)14(15(17)18)21-23(6-2,7-3)8-4/h9-11,13-14H,5-8H2,1-4H3/t13-,14+/m0/s1. The molecule has 1 aromatic heterocycles. The van der Waals surface area contributed by atoms with Crippen LogP contribution in [0.2, 0.25) is 18.1 Å². The Balaban J connectivity index is 2.25. The Bertz CT molecular complexity index is 536. The Kier molecular flexibility index (Phi) is 5.99. The van der Waals surface area contributed by atoms with Gasteiger partial charge in [0.15, 0.2) is 14.4 Å².